The highest BCUT2D eigenvalue weighted by molar-refractivity contribution is 7.99. The number of carbonyl (C=O) groups is 2. The molecule has 2 amide bonds. The molecule has 0 saturated heterocycles. The molecule has 8 nitrogen and oxygen atoms in total. The van der Waals surface area contributed by atoms with E-state index in [1.807, 2.05) is 0 Å². The van der Waals surface area contributed by atoms with Crippen LogP contribution >= 0.6 is 23.4 Å². The summed E-state index contributed by atoms with van der Waals surface area (Å²) in [5.41, 5.74) is 0.622. The van der Waals surface area contributed by atoms with Gasteiger partial charge >= 0.3 is 0 Å². The second kappa shape index (κ2) is 7.63. The summed E-state index contributed by atoms with van der Waals surface area (Å²) in [7, 11) is 0. The molecule has 1 heterocycles. The second-order valence-electron chi connectivity index (χ2n) is 5.26. The SMILES string of the molecule is O=C(CSc1nnnn1C1CC1)NCC(=O)Nc1ccc(Cl)cc1. The molecule has 24 heavy (non-hydrogen) atoms. The zero-order chi connectivity index (χ0) is 16.9. The van der Waals surface area contributed by atoms with Crippen molar-refractivity contribution in [3.63, 3.8) is 0 Å². The summed E-state index contributed by atoms with van der Waals surface area (Å²) in [5, 5.41) is 17.9. The fourth-order valence-corrected chi connectivity index (χ4v) is 2.83. The van der Waals surface area contributed by atoms with E-state index in [0.717, 1.165) is 12.8 Å². The minimum atomic E-state index is -0.307. The van der Waals surface area contributed by atoms with Crippen LogP contribution in [0.25, 0.3) is 0 Å². The fraction of sp³-hybridized carbons (Fsp3) is 0.357. The zero-order valence-corrected chi connectivity index (χ0v) is 14.2. The minimum absolute atomic E-state index is 0.102. The molecule has 1 aromatic heterocycles. The molecule has 0 aliphatic heterocycles. The maximum Gasteiger partial charge on any atom is 0.243 e. The Kier molecular flexibility index (Phi) is 5.31. The average Bonchev–Trinajstić information content (AvgIpc) is 3.31. The first-order valence-corrected chi connectivity index (χ1v) is 8.71. The summed E-state index contributed by atoms with van der Waals surface area (Å²) in [6, 6.07) is 7.09. The van der Waals surface area contributed by atoms with Crippen LogP contribution < -0.4 is 10.6 Å². The quantitative estimate of drug-likeness (QED) is 0.720. The Morgan fingerprint density at radius 2 is 2.00 bits per heavy atom. The summed E-state index contributed by atoms with van der Waals surface area (Å²) in [6.07, 6.45) is 2.13. The van der Waals surface area contributed by atoms with E-state index < -0.39 is 0 Å². The molecule has 126 valence electrons. The lowest BCUT2D eigenvalue weighted by atomic mass is 10.3. The summed E-state index contributed by atoms with van der Waals surface area (Å²) in [4.78, 5) is 23.6. The third-order valence-electron chi connectivity index (χ3n) is 3.26. The van der Waals surface area contributed by atoms with E-state index in [4.69, 9.17) is 11.6 Å². The van der Waals surface area contributed by atoms with E-state index >= 15 is 0 Å². The minimum Gasteiger partial charge on any atom is -0.346 e. The molecule has 1 aromatic carbocycles. The number of amides is 2. The fourth-order valence-electron chi connectivity index (χ4n) is 1.93. The summed E-state index contributed by atoms with van der Waals surface area (Å²) in [6.45, 7) is -0.102. The van der Waals surface area contributed by atoms with Crippen LogP contribution in [0.2, 0.25) is 5.02 Å². The number of nitrogens with one attached hydrogen (secondary N) is 2. The van der Waals surface area contributed by atoms with Crippen molar-refractivity contribution in [1.82, 2.24) is 25.5 Å². The number of benzene rings is 1. The molecule has 2 aromatic rings. The van der Waals surface area contributed by atoms with Crippen molar-refractivity contribution in [2.45, 2.75) is 24.0 Å². The lowest BCUT2D eigenvalue weighted by Crippen LogP contribution is -2.33. The van der Waals surface area contributed by atoms with E-state index in [-0.39, 0.29) is 24.1 Å². The molecular formula is C14H15ClN6O2S. The van der Waals surface area contributed by atoms with Gasteiger partial charge in [-0.15, -0.1) is 5.10 Å². The topological polar surface area (TPSA) is 102 Å². The number of aromatic nitrogens is 4. The highest BCUT2D eigenvalue weighted by Gasteiger charge is 2.28. The Hall–Kier alpha value is -2.13. The Morgan fingerprint density at radius 3 is 2.71 bits per heavy atom. The third-order valence-corrected chi connectivity index (χ3v) is 4.45. The lowest BCUT2D eigenvalue weighted by Gasteiger charge is -2.07. The van der Waals surface area contributed by atoms with Crippen LogP contribution in [-0.2, 0) is 9.59 Å². The first kappa shape index (κ1) is 16.7. The van der Waals surface area contributed by atoms with E-state index in [9.17, 15) is 9.59 Å². The van der Waals surface area contributed by atoms with E-state index in [0.29, 0.717) is 21.9 Å². The molecule has 0 atom stereocenters. The Bertz CT molecular complexity index is 731. The van der Waals surface area contributed by atoms with Crippen molar-refractivity contribution < 1.29 is 9.59 Å². The number of rotatable bonds is 7. The molecule has 1 aliphatic rings. The normalized spacial score (nSPS) is 13.5. The van der Waals surface area contributed by atoms with Crippen LogP contribution in [0.4, 0.5) is 5.69 Å². The maximum atomic E-state index is 11.8. The largest absolute Gasteiger partial charge is 0.346 e. The number of hydrogen-bond acceptors (Lipinski definition) is 6. The van der Waals surface area contributed by atoms with Crippen molar-refractivity contribution in [2.24, 2.45) is 0 Å². The monoisotopic (exact) mass is 366 g/mol. The highest BCUT2D eigenvalue weighted by atomic mass is 35.5. The standard InChI is InChI=1S/C14H15ClN6O2S/c15-9-1-3-10(4-2-9)17-12(22)7-16-13(23)8-24-14-18-19-20-21(14)11-5-6-11/h1-4,11H,5-8H2,(H,16,23)(H,17,22). The van der Waals surface area contributed by atoms with Crippen molar-refractivity contribution >= 4 is 40.9 Å². The summed E-state index contributed by atoms with van der Waals surface area (Å²) < 4.78 is 1.74. The van der Waals surface area contributed by atoms with E-state index in [1.54, 1.807) is 28.9 Å². The molecule has 0 bridgehead atoms. The van der Waals surface area contributed by atoms with E-state index in [1.165, 1.54) is 11.8 Å². The summed E-state index contributed by atoms with van der Waals surface area (Å²) >= 11 is 7.03. The number of carbonyl (C=O) groups excluding carboxylic acids is 2. The first-order chi connectivity index (χ1) is 11.6. The van der Waals surface area contributed by atoms with Crippen molar-refractivity contribution in [1.29, 1.82) is 0 Å². The Labute approximate surface area is 147 Å². The van der Waals surface area contributed by atoms with Gasteiger partial charge in [-0.05, 0) is 47.5 Å². The second-order valence-corrected chi connectivity index (χ2v) is 6.64. The third kappa shape index (κ3) is 4.68. The van der Waals surface area contributed by atoms with Gasteiger partial charge in [0.2, 0.25) is 17.0 Å². The van der Waals surface area contributed by atoms with Crippen LogP contribution in [0.5, 0.6) is 0 Å². The maximum absolute atomic E-state index is 11.8. The number of halogens is 1. The molecular weight excluding hydrogens is 352 g/mol. The first-order valence-electron chi connectivity index (χ1n) is 7.34. The number of thioether (sulfide) groups is 1. The van der Waals surface area contributed by atoms with Crippen molar-refractivity contribution in [2.75, 3.05) is 17.6 Å². The van der Waals surface area contributed by atoms with Crippen molar-refractivity contribution in [3.8, 4) is 0 Å². The Morgan fingerprint density at radius 1 is 1.25 bits per heavy atom. The van der Waals surface area contributed by atoms with E-state index in [2.05, 4.69) is 26.2 Å². The van der Waals surface area contributed by atoms with Gasteiger partial charge in [0.15, 0.2) is 0 Å². The lowest BCUT2D eigenvalue weighted by molar-refractivity contribution is -0.122. The van der Waals surface area contributed by atoms with Gasteiger partial charge in [0.25, 0.3) is 0 Å². The molecule has 1 aliphatic carbocycles. The molecule has 3 rings (SSSR count). The van der Waals surface area contributed by atoms with Gasteiger partial charge < -0.3 is 10.6 Å². The molecule has 1 fully saturated rings. The van der Waals surface area contributed by atoms with Gasteiger partial charge in [0.05, 0.1) is 18.3 Å². The molecule has 10 heteroatoms. The van der Waals surface area contributed by atoms with Crippen LogP contribution in [0, 0.1) is 0 Å². The summed E-state index contributed by atoms with van der Waals surface area (Å²) in [5.74, 6) is -0.406. The molecule has 0 unspecified atom stereocenters. The molecule has 2 N–H and O–H groups in total. The molecule has 0 radical (unpaired) electrons. The van der Waals surface area contributed by atoms with Gasteiger partial charge in [0, 0.05) is 10.7 Å². The molecule has 0 spiro atoms. The number of nitrogens with zero attached hydrogens (tertiary/aromatic N) is 4. The molecule has 1 saturated carbocycles. The highest BCUT2D eigenvalue weighted by Crippen LogP contribution is 2.36. The van der Waals surface area contributed by atoms with Gasteiger partial charge in [0.1, 0.15) is 0 Å². The zero-order valence-electron chi connectivity index (χ0n) is 12.6. The van der Waals surface area contributed by atoms with Crippen LogP contribution in [0.3, 0.4) is 0 Å². The Balaban J connectivity index is 1.39. The van der Waals surface area contributed by atoms with Crippen LogP contribution in [-0.4, -0.2) is 44.3 Å². The van der Waals surface area contributed by atoms with Crippen LogP contribution in [0.15, 0.2) is 29.4 Å². The number of tetrazole rings is 1. The van der Waals surface area contributed by atoms with Gasteiger partial charge in [-0.2, -0.15) is 0 Å². The number of hydrogen-bond donors (Lipinski definition) is 2. The van der Waals surface area contributed by atoms with Crippen LogP contribution in [0.1, 0.15) is 18.9 Å². The van der Waals surface area contributed by atoms with Gasteiger partial charge in [-0.25, -0.2) is 4.68 Å². The van der Waals surface area contributed by atoms with Gasteiger partial charge in [-0.3, -0.25) is 9.59 Å². The smallest absolute Gasteiger partial charge is 0.243 e. The van der Waals surface area contributed by atoms with Crippen molar-refractivity contribution in [3.05, 3.63) is 29.3 Å². The predicted molar refractivity (Wildman–Crippen MR) is 89.9 cm³/mol. The average molecular weight is 367 g/mol. The number of anilines is 1. The predicted octanol–water partition coefficient (Wildman–Crippen LogP) is 1.51. The van der Waals surface area contributed by atoms with Gasteiger partial charge in [-0.1, -0.05) is 23.4 Å².